The van der Waals surface area contributed by atoms with E-state index in [0.29, 0.717) is 38.9 Å². The van der Waals surface area contributed by atoms with Gasteiger partial charge in [0, 0.05) is 32.2 Å². The molecule has 6 N–H and O–H groups in total. The van der Waals surface area contributed by atoms with Crippen LogP contribution in [0.3, 0.4) is 0 Å². The minimum absolute atomic E-state index is 0.00905. The number of amides is 2. The number of aliphatic hydroxyl groups excluding tert-OH is 1. The molecule has 0 unspecified atom stereocenters. The van der Waals surface area contributed by atoms with Crippen molar-refractivity contribution in [1.82, 2.24) is 19.8 Å². The van der Waals surface area contributed by atoms with E-state index < -0.39 is 28.6 Å². The summed E-state index contributed by atoms with van der Waals surface area (Å²) in [5.74, 6) is -1.02. The Morgan fingerprint density at radius 2 is 1.84 bits per heavy atom. The molecule has 2 amide bonds. The maximum Gasteiger partial charge on any atom is 0.243 e. The van der Waals surface area contributed by atoms with Gasteiger partial charge in [-0.15, -0.1) is 0 Å². The van der Waals surface area contributed by atoms with Gasteiger partial charge >= 0.3 is 0 Å². The fourth-order valence-corrected chi connectivity index (χ4v) is 6.28. The van der Waals surface area contributed by atoms with Crippen molar-refractivity contribution < 1.29 is 23.1 Å². The molecule has 200 valence electrons. The maximum atomic E-state index is 13.3. The average molecular weight is 531 g/mol. The van der Waals surface area contributed by atoms with Gasteiger partial charge in [-0.3, -0.25) is 15.0 Å². The SMILES string of the molecule is N=C(N)N1CCC[C@@H](C(=O)NC[C@H]2CCCN2C(=O)[C@H](CO)NS(=O)(=O)c2ccc3ccccc3c2)C1. The van der Waals surface area contributed by atoms with Crippen molar-refractivity contribution in [1.29, 1.82) is 5.41 Å². The van der Waals surface area contributed by atoms with Gasteiger partial charge in [0.05, 0.1) is 17.4 Å². The smallest absolute Gasteiger partial charge is 0.243 e. The van der Waals surface area contributed by atoms with Crippen molar-refractivity contribution in [3.63, 3.8) is 0 Å². The van der Waals surface area contributed by atoms with Gasteiger partial charge in [-0.25, -0.2) is 8.42 Å². The van der Waals surface area contributed by atoms with Crippen LogP contribution in [0.25, 0.3) is 10.8 Å². The number of carbonyl (C=O) groups is 2. The van der Waals surface area contributed by atoms with Gasteiger partial charge in [-0.1, -0.05) is 30.3 Å². The van der Waals surface area contributed by atoms with Crippen molar-refractivity contribution in [3.8, 4) is 0 Å². The van der Waals surface area contributed by atoms with Crippen LogP contribution in [0.5, 0.6) is 0 Å². The van der Waals surface area contributed by atoms with E-state index in [-0.39, 0.29) is 35.3 Å². The zero-order valence-electron chi connectivity index (χ0n) is 20.6. The number of nitrogens with zero attached hydrogens (tertiary/aromatic N) is 2. The highest BCUT2D eigenvalue weighted by molar-refractivity contribution is 7.89. The molecule has 11 nitrogen and oxygen atoms in total. The second-order valence-electron chi connectivity index (χ2n) is 9.61. The minimum Gasteiger partial charge on any atom is -0.394 e. The Morgan fingerprint density at radius 1 is 1.11 bits per heavy atom. The number of carbonyl (C=O) groups excluding carboxylic acids is 2. The minimum atomic E-state index is -4.07. The number of aliphatic hydroxyl groups is 1. The third kappa shape index (κ3) is 6.20. The summed E-state index contributed by atoms with van der Waals surface area (Å²) in [7, 11) is -4.07. The molecule has 2 aromatic carbocycles. The average Bonchev–Trinajstić information content (AvgIpc) is 3.38. The topological polar surface area (TPSA) is 169 Å². The number of likely N-dealkylation sites (tertiary alicyclic amines) is 2. The second kappa shape index (κ2) is 11.4. The van der Waals surface area contributed by atoms with Gasteiger partial charge in [0.2, 0.25) is 21.8 Å². The number of hydrogen-bond donors (Lipinski definition) is 5. The molecule has 2 aliphatic rings. The van der Waals surface area contributed by atoms with Crippen LogP contribution in [0.1, 0.15) is 25.7 Å². The molecule has 0 spiro atoms. The van der Waals surface area contributed by atoms with Crippen molar-refractivity contribution >= 4 is 38.6 Å². The lowest BCUT2D eigenvalue weighted by Gasteiger charge is -2.33. The lowest BCUT2D eigenvalue weighted by atomic mass is 9.97. The number of fused-ring (bicyclic) bond motifs is 1. The molecule has 37 heavy (non-hydrogen) atoms. The van der Waals surface area contributed by atoms with Gasteiger partial charge in [-0.05, 0) is 48.6 Å². The van der Waals surface area contributed by atoms with Crippen LogP contribution in [-0.4, -0.2) is 86.0 Å². The van der Waals surface area contributed by atoms with Crippen molar-refractivity contribution in [2.75, 3.05) is 32.8 Å². The quantitative estimate of drug-likeness (QED) is 0.240. The molecule has 2 heterocycles. The zero-order valence-corrected chi connectivity index (χ0v) is 21.4. The zero-order chi connectivity index (χ0) is 26.6. The Hall–Kier alpha value is -3.22. The van der Waals surface area contributed by atoms with Crippen molar-refractivity contribution in [2.45, 2.75) is 42.7 Å². The third-order valence-corrected chi connectivity index (χ3v) is 8.58. The molecule has 2 saturated heterocycles. The van der Waals surface area contributed by atoms with Gasteiger partial charge in [0.1, 0.15) is 6.04 Å². The summed E-state index contributed by atoms with van der Waals surface area (Å²) in [6.45, 7) is 0.995. The second-order valence-corrected chi connectivity index (χ2v) is 11.3. The maximum absolute atomic E-state index is 13.3. The van der Waals surface area contributed by atoms with E-state index in [1.54, 1.807) is 17.0 Å². The van der Waals surface area contributed by atoms with E-state index in [2.05, 4.69) is 10.0 Å². The molecule has 0 aliphatic carbocycles. The van der Waals surface area contributed by atoms with E-state index in [0.717, 1.165) is 17.2 Å². The molecular weight excluding hydrogens is 496 g/mol. The first-order valence-electron chi connectivity index (χ1n) is 12.5. The highest BCUT2D eigenvalue weighted by atomic mass is 32.2. The Bertz CT molecular complexity index is 1270. The number of sulfonamides is 1. The van der Waals surface area contributed by atoms with Crippen LogP contribution in [0.15, 0.2) is 47.4 Å². The molecule has 12 heteroatoms. The highest BCUT2D eigenvalue weighted by Gasteiger charge is 2.36. The Morgan fingerprint density at radius 3 is 2.57 bits per heavy atom. The van der Waals surface area contributed by atoms with Crippen molar-refractivity contribution in [3.05, 3.63) is 42.5 Å². The number of guanidine groups is 1. The lowest BCUT2D eigenvalue weighted by molar-refractivity contribution is -0.135. The predicted molar refractivity (Wildman–Crippen MR) is 139 cm³/mol. The Labute approximate surface area is 216 Å². The Balaban J connectivity index is 1.38. The molecule has 2 fully saturated rings. The van der Waals surface area contributed by atoms with Crippen LogP contribution < -0.4 is 15.8 Å². The molecule has 0 aromatic heterocycles. The standard InChI is InChI=1S/C25H34N6O5S/c26-25(27)30-11-3-7-19(15-30)23(33)28-14-20-8-4-12-31(20)24(34)22(16-32)29-37(35,36)21-10-9-17-5-1-2-6-18(17)13-21/h1-2,5-6,9-10,13,19-20,22,29,32H,3-4,7-8,11-12,14-16H2,(H3,26,27)(H,28,33)/t19-,20-,22+/m1/s1. The molecule has 3 atom stereocenters. The first kappa shape index (κ1) is 26.8. The Kier molecular flexibility index (Phi) is 8.30. The van der Waals surface area contributed by atoms with E-state index in [1.165, 1.54) is 17.0 Å². The molecule has 4 rings (SSSR count). The number of piperidine rings is 1. The van der Waals surface area contributed by atoms with E-state index in [1.807, 2.05) is 18.2 Å². The summed E-state index contributed by atoms with van der Waals surface area (Å²) in [5.41, 5.74) is 5.57. The largest absolute Gasteiger partial charge is 0.394 e. The first-order chi connectivity index (χ1) is 17.7. The van der Waals surface area contributed by atoms with Crippen molar-refractivity contribution in [2.24, 2.45) is 11.7 Å². The van der Waals surface area contributed by atoms with Crippen LogP contribution in [0, 0.1) is 11.3 Å². The third-order valence-electron chi connectivity index (χ3n) is 7.11. The van der Waals surface area contributed by atoms with Gasteiger partial charge < -0.3 is 26.0 Å². The number of nitrogens with one attached hydrogen (secondary N) is 3. The molecule has 2 aromatic rings. The molecule has 0 bridgehead atoms. The lowest BCUT2D eigenvalue weighted by Crippen LogP contribution is -2.54. The summed E-state index contributed by atoms with van der Waals surface area (Å²) < 4.78 is 28.4. The normalized spacial score (nSPS) is 21.1. The van der Waals surface area contributed by atoms with Crippen LogP contribution in [-0.2, 0) is 19.6 Å². The molecule has 0 radical (unpaired) electrons. The number of benzene rings is 2. The fourth-order valence-electron chi connectivity index (χ4n) is 5.07. The number of nitrogens with two attached hydrogens (primary N) is 1. The summed E-state index contributed by atoms with van der Waals surface area (Å²) in [4.78, 5) is 29.2. The van der Waals surface area contributed by atoms with E-state index in [4.69, 9.17) is 11.1 Å². The van der Waals surface area contributed by atoms with Gasteiger partial charge in [-0.2, -0.15) is 4.72 Å². The summed E-state index contributed by atoms with van der Waals surface area (Å²) in [6, 6.07) is 10.4. The summed E-state index contributed by atoms with van der Waals surface area (Å²) in [5, 5.41) is 22.1. The summed E-state index contributed by atoms with van der Waals surface area (Å²) in [6.07, 6.45) is 2.84. The number of rotatable bonds is 8. The van der Waals surface area contributed by atoms with Crippen LogP contribution in [0.2, 0.25) is 0 Å². The molecule has 0 saturated carbocycles. The first-order valence-corrected chi connectivity index (χ1v) is 14.0. The van der Waals surface area contributed by atoms with E-state index in [9.17, 15) is 23.1 Å². The monoisotopic (exact) mass is 530 g/mol. The molecular formula is C25H34N6O5S. The van der Waals surface area contributed by atoms with Gasteiger partial charge in [0.15, 0.2) is 5.96 Å². The van der Waals surface area contributed by atoms with E-state index >= 15 is 0 Å². The van der Waals surface area contributed by atoms with Crippen LogP contribution >= 0.6 is 0 Å². The summed E-state index contributed by atoms with van der Waals surface area (Å²) >= 11 is 0. The highest BCUT2D eigenvalue weighted by Crippen LogP contribution is 2.22. The predicted octanol–water partition coefficient (Wildman–Crippen LogP) is 0.192. The van der Waals surface area contributed by atoms with Gasteiger partial charge in [0.25, 0.3) is 0 Å². The van der Waals surface area contributed by atoms with Crippen LogP contribution in [0.4, 0.5) is 0 Å². The fraction of sp³-hybridized carbons (Fsp3) is 0.480. The molecule has 2 aliphatic heterocycles. The number of hydrogen-bond acceptors (Lipinski definition) is 6.